The van der Waals surface area contributed by atoms with Crippen LogP contribution in [-0.2, 0) is 26.1 Å². The summed E-state index contributed by atoms with van der Waals surface area (Å²) in [5.41, 5.74) is -0.628. The molecule has 1 aromatic heterocycles. The van der Waals surface area contributed by atoms with Crippen LogP contribution in [0.3, 0.4) is 0 Å². The predicted octanol–water partition coefficient (Wildman–Crippen LogP) is 3.15. The van der Waals surface area contributed by atoms with E-state index < -0.39 is 27.5 Å². The van der Waals surface area contributed by atoms with Crippen molar-refractivity contribution in [2.45, 2.75) is 37.8 Å². The zero-order chi connectivity index (χ0) is 21.1. The first-order valence-corrected chi connectivity index (χ1v) is 9.96. The van der Waals surface area contributed by atoms with E-state index in [4.69, 9.17) is 20.8 Å². The highest BCUT2D eigenvalue weighted by Crippen LogP contribution is 2.24. The lowest BCUT2D eigenvalue weighted by Crippen LogP contribution is -2.40. The fourth-order valence-corrected chi connectivity index (χ4v) is 4.20. The topological polar surface area (TPSA) is 112 Å². The molecular weight excluding hydrogens is 410 g/mol. The van der Waals surface area contributed by atoms with E-state index >= 15 is 0 Å². The molecule has 8 nitrogen and oxygen atoms in total. The smallest absolute Gasteiger partial charge is 0.341 e. The van der Waals surface area contributed by atoms with Crippen LogP contribution >= 0.6 is 11.6 Å². The van der Waals surface area contributed by atoms with Gasteiger partial charge in [-0.25, -0.2) is 22.7 Å². The minimum absolute atomic E-state index is 0.0233. The molecule has 0 saturated heterocycles. The number of rotatable bonds is 6. The molecule has 152 valence electrons. The Kier molecular flexibility index (Phi) is 6.53. The third-order valence-corrected chi connectivity index (χ3v) is 5.62. The third-order valence-electron chi connectivity index (χ3n) is 3.38. The van der Waals surface area contributed by atoms with Crippen LogP contribution < -0.4 is 4.72 Å². The molecule has 0 fully saturated rings. The van der Waals surface area contributed by atoms with Gasteiger partial charge in [-0.05, 0) is 45.0 Å². The van der Waals surface area contributed by atoms with Crippen molar-refractivity contribution < 1.29 is 31.9 Å². The summed E-state index contributed by atoms with van der Waals surface area (Å²) in [5.74, 6) is -1.33. The number of halogens is 1. The maximum Gasteiger partial charge on any atom is 0.341 e. The van der Waals surface area contributed by atoms with E-state index in [1.54, 1.807) is 20.8 Å². The molecule has 1 aromatic carbocycles. The zero-order valence-corrected chi connectivity index (χ0v) is 17.3. The molecule has 0 aliphatic heterocycles. The normalized spacial score (nSPS) is 11.9. The van der Waals surface area contributed by atoms with Gasteiger partial charge in [0.2, 0.25) is 10.0 Å². The number of carbonyl (C=O) groups excluding carboxylic acids is 2. The van der Waals surface area contributed by atoms with Gasteiger partial charge in [0.05, 0.1) is 24.0 Å². The maximum atomic E-state index is 12.5. The molecule has 0 saturated carbocycles. The first kappa shape index (κ1) is 21.9. The van der Waals surface area contributed by atoms with Gasteiger partial charge in [-0.2, -0.15) is 0 Å². The maximum absolute atomic E-state index is 12.5. The first-order chi connectivity index (χ1) is 12.9. The molecule has 0 atom stereocenters. The van der Waals surface area contributed by atoms with Gasteiger partial charge in [0.25, 0.3) is 0 Å². The van der Waals surface area contributed by atoms with Crippen LogP contribution in [0.2, 0.25) is 5.02 Å². The van der Waals surface area contributed by atoms with Crippen LogP contribution in [0.5, 0.6) is 0 Å². The number of methoxy groups -OCH3 is 1. The molecule has 1 N–H and O–H groups in total. The molecule has 2 rings (SSSR count). The number of carbonyl (C=O) groups is 2. The lowest BCUT2D eigenvalue weighted by Gasteiger charge is -2.21. The van der Waals surface area contributed by atoms with Crippen molar-refractivity contribution in [1.29, 1.82) is 0 Å². The van der Waals surface area contributed by atoms with Crippen LogP contribution in [0.1, 0.15) is 47.2 Å². The van der Waals surface area contributed by atoms with E-state index in [0.29, 0.717) is 0 Å². The highest BCUT2D eigenvalue weighted by atomic mass is 35.5. The highest BCUT2D eigenvalue weighted by Gasteiger charge is 2.26. The lowest BCUT2D eigenvalue weighted by atomic mass is 10.1. The summed E-state index contributed by atoms with van der Waals surface area (Å²) in [7, 11) is -2.74. The minimum atomic E-state index is -3.95. The Labute approximate surface area is 167 Å². The standard InChI is InChI=1S/C18H20ClNO7S/c1-18(2,3)20-28(23,24)15-9-11(5-6-13(15)19)16(21)27-10-14-12(7-8-26-14)17(22)25-4/h5-9,20H,10H2,1-4H3. The van der Waals surface area contributed by atoms with E-state index in [1.807, 2.05) is 0 Å². The molecule has 28 heavy (non-hydrogen) atoms. The van der Waals surface area contributed by atoms with Crippen molar-refractivity contribution >= 4 is 33.6 Å². The molecule has 0 radical (unpaired) electrons. The lowest BCUT2D eigenvalue weighted by molar-refractivity contribution is 0.0432. The summed E-state index contributed by atoms with van der Waals surface area (Å²) < 4.78 is 42.4. The zero-order valence-electron chi connectivity index (χ0n) is 15.7. The second-order valence-corrected chi connectivity index (χ2v) is 8.88. The summed E-state index contributed by atoms with van der Waals surface area (Å²) in [4.78, 5) is 23.7. The average molecular weight is 430 g/mol. The van der Waals surface area contributed by atoms with E-state index in [-0.39, 0.29) is 33.4 Å². The number of sulfonamides is 1. The van der Waals surface area contributed by atoms with E-state index in [9.17, 15) is 18.0 Å². The van der Waals surface area contributed by atoms with Crippen molar-refractivity contribution in [3.63, 3.8) is 0 Å². The highest BCUT2D eigenvalue weighted by molar-refractivity contribution is 7.89. The largest absolute Gasteiger partial charge is 0.465 e. The van der Waals surface area contributed by atoms with Gasteiger partial charge < -0.3 is 13.9 Å². The van der Waals surface area contributed by atoms with Gasteiger partial charge in [0.1, 0.15) is 10.5 Å². The van der Waals surface area contributed by atoms with Crippen LogP contribution in [0, 0.1) is 0 Å². The van der Waals surface area contributed by atoms with Gasteiger partial charge in [0, 0.05) is 5.54 Å². The van der Waals surface area contributed by atoms with Gasteiger partial charge >= 0.3 is 11.9 Å². The van der Waals surface area contributed by atoms with Crippen molar-refractivity contribution in [1.82, 2.24) is 4.72 Å². The molecule has 0 bridgehead atoms. The van der Waals surface area contributed by atoms with E-state index in [1.165, 1.54) is 31.6 Å². The van der Waals surface area contributed by atoms with E-state index in [0.717, 1.165) is 6.07 Å². The number of esters is 2. The number of hydrogen-bond donors (Lipinski definition) is 1. The molecule has 0 unspecified atom stereocenters. The summed E-state index contributed by atoms with van der Waals surface area (Å²) in [6.45, 7) is 4.71. The number of benzene rings is 1. The Morgan fingerprint density at radius 1 is 1.18 bits per heavy atom. The second kappa shape index (κ2) is 8.34. The first-order valence-electron chi connectivity index (χ1n) is 8.10. The molecule has 1 heterocycles. The fraction of sp³-hybridized carbons (Fsp3) is 0.333. The van der Waals surface area contributed by atoms with Crippen LogP contribution in [0.25, 0.3) is 0 Å². The number of nitrogens with one attached hydrogen (secondary N) is 1. The Bertz CT molecular complexity index is 990. The summed E-state index contributed by atoms with van der Waals surface area (Å²) in [5, 5.41) is -0.0349. The Hall–Kier alpha value is -2.36. The number of furan rings is 1. The van der Waals surface area contributed by atoms with Gasteiger partial charge in [-0.15, -0.1) is 0 Å². The van der Waals surface area contributed by atoms with Gasteiger partial charge in [-0.3, -0.25) is 0 Å². The SMILES string of the molecule is COC(=O)c1ccoc1COC(=O)c1ccc(Cl)c(S(=O)(=O)NC(C)(C)C)c1. The fourth-order valence-electron chi connectivity index (χ4n) is 2.25. The van der Waals surface area contributed by atoms with E-state index in [2.05, 4.69) is 9.46 Å². The van der Waals surface area contributed by atoms with Crippen LogP contribution in [0.4, 0.5) is 0 Å². The number of ether oxygens (including phenoxy) is 2. The van der Waals surface area contributed by atoms with Crippen molar-refractivity contribution in [3.05, 3.63) is 52.4 Å². The quantitative estimate of drug-likeness (QED) is 0.702. The average Bonchev–Trinajstić information content (AvgIpc) is 3.05. The predicted molar refractivity (Wildman–Crippen MR) is 101 cm³/mol. The van der Waals surface area contributed by atoms with Crippen molar-refractivity contribution in [2.24, 2.45) is 0 Å². The van der Waals surface area contributed by atoms with Crippen molar-refractivity contribution in [2.75, 3.05) is 7.11 Å². The van der Waals surface area contributed by atoms with Gasteiger partial charge in [0.15, 0.2) is 12.4 Å². The van der Waals surface area contributed by atoms with Crippen LogP contribution in [-0.4, -0.2) is 33.0 Å². The Morgan fingerprint density at radius 3 is 2.46 bits per heavy atom. The minimum Gasteiger partial charge on any atom is -0.465 e. The van der Waals surface area contributed by atoms with Crippen LogP contribution in [0.15, 0.2) is 39.8 Å². The molecule has 0 spiro atoms. The molecule has 10 heteroatoms. The molecule has 0 aliphatic carbocycles. The Balaban J connectivity index is 2.21. The number of hydrogen-bond acceptors (Lipinski definition) is 7. The molecule has 2 aromatic rings. The molecule has 0 aliphatic rings. The monoisotopic (exact) mass is 429 g/mol. The summed E-state index contributed by atoms with van der Waals surface area (Å²) in [6.07, 6.45) is 1.26. The van der Waals surface area contributed by atoms with Crippen molar-refractivity contribution in [3.8, 4) is 0 Å². The summed E-state index contributed by atoms with van der Waals surface area (Å²) >= 11 is 6.01. The third kappa shape index (κ3) is 5.34. The second-order valence-electron chi connectivity index (χ2n) is 6.83. The molecular formula is C18H20ClNO7S. The molecule has 0 amide bonds. The van der Waals surface area contributed by atoms with Gasteiger partial charge in [-0.1, -0.05) is 11.6 Å². The summed E-state index contributed by atoms with van der Waals surface area (Å²) in [6, 6.07) is 5.15. The Morgan fingerprint density at radius 2 is 1.86 bits per heavy atom.